The molecular formula is C29H44O. The van der Waals surface area contributed by atoms with Crippen molar-refractivity contribution in [3.63, 3.8) is 0 Å². The van der Waals surface area contributed by atoms with Crippen LogP contribution in [0.3, 0.4) is 0 Å². The van der Waals surface area contributed by atoms with Crippen molar-refractivity contribution in [2.45, 2.75) is 97.3 Å². The summed E-state index contributed by atoms with van der Waals surface area (Å²) in [4.78, 5) is 0. The zero-order valence-corrected chi connectivity index (χ0v) is 19.6. The maximum Gasteiger partial charge on any atom is 0.119 e. The van der Waals surface area contributed by atoms with Gasteiger partial charge in [0.05, 0.1) is 6.61 Å². The van der Waals surface area contributed by atoms with Gasteiger partial charge in [-0.1, -0.05) is 102 Å². The van der Waals surface area contributed by atoms with Crippen LogP contribution < -0.4 is 4.74 Å². The SMILES string of the molecule is CCCCCCCCOc1ccc(C2=CCC([C@H]3CC[C@H](CCC)CC3)C=C2)cc1. The first-order chi connectivity index (χ1) is 14.8. The number of hydrogen-bond donors (Lipinski definition) is 0. The Morgan fingerprint density at radius 2 is 1.57 bits per heavy atom. The summed E-state index contributed by atoms with van der Waals surface area (Å²) in [5.41, 5.74) is 2.71. The largest absolute Gasteiger partial charge is 0.494 e. The molecule has 1 atom stereocenters. The molecule has 0 aliphatic heterocycles. The molecule has 1 aromatic carbocycles. The van der Waals surface area contributed by atoms with Crippen molar-refractivity contribution < 1.29 is 4.74 Å². The van der Waals surface area contributed by atoms with Crippen molar-refractivity contribution in [1.29, 1.82) is 0 Å². The second-order valence-electron chi connectivity index (χ2n) is 9.63. The Hall–Kier alpha value is -1.50. The van der Waals surface area contributed by atoms with E-state index in [0.29, 0.717) is 0 Å². The predicted molar refractivity (Wildman–Crippen MR) is 131 cm³/mol. The van der Waals surface area contributed by atoms with Gasteiger partial charge in [-0.2, -0.15) is 0 Å². The molecule has 0 bridgehead atoms. The third-order valence-electron chi connectivity index (χ3n) is 7.28. The van der Waals surface area contributed by atoms with E-state index in [1.165, 1.54) is 94.6 Å². The van der Waals surface area contributed by atoms with Gasteiger partial charge in [0.2, 0.25) is 0 Å². The van der Waals surface area contributed by atoms with Crippen LogP contribution in [0.25, 0.3) is 5.57 Å². The molecule has 0 radical (unpaired) electrons. The lowest BCUT2D eigenvalue weighted by Crippen LogP contribution is -2.21. The lowest BCUT2D eigenvalue weighted by atomic mass is 9.72. The average molecular weight is 409 g/mol. The van der Waals surface area contributed by atoms with Gasteiger partial charge in [0.15, 0.2) is 0 Å². The fraction of sp³-hybridized carbons (Fsp3) is 0.655. The van der Waals surface area contributed by atoms with E-state index < -0.39 is 0 Å². The first-order valence-electron chi connectivity index (χ1n) is 12.9. The first-order valence-corrected chi connectivity index (χ1v) is 12.9. The molecule has 0 amide bonds. The van der Waals surface area contributed by atoms with Gasteiger partial charge in [-0.25, -0.2) is 0 Å². The Morgan fingerprint density at radius 3 is 2.23 bits per heavy atom. The van der Waals surface area contributed by atoms with E-state index in [1.807, 2.05) is 0 Å². The number of benzene rings is 1. The monoisotopic (exact) mass is 408 g/mol. The average Bonchev–Trinajstić information content (AvgIpc) is 2.80. The highest BCUT2D eigenvalue weighted by Gasteiger charge is 2.26. The maximum atomic E-state index is 5.94. The van der Waals surface area contributed by atoms with Crippen molar-refractivity contribution >= 4 is 5.57 Å². The predicted octanol–water partition coefficient (Wildman–Crippen LogP) is 8.99. The highest BCUT2D eigenvalue weighted by atomic mass is 16.5. The van der Waals surface area contributed by atoms with E-state index in [2.05, 4.69) is 56.3 Å². The normalized spacial score (nSPS) is 23.9. The molecule has 1 heteroatoms. The van der Waals surface area contributed by atoms with Crippen molar-refractivity contribution in [2.75, 3.05) is 6.61 Å². The van der Waals surface area contributed by atoms with E-state index in [9.17, 15) is 0 Å². The van der Waals surface area contributed by atoms with Crippen LogP contribution in [0.15, 0.2) is 42.5 Å². The smallest absolute Gasteiger partial charge is 0.119 e. The van der Waals surface area contributed by atoms with Crippen molar-refractivity contribution in [2.24, 2.45) is 17.8 Å². The van der Waals surface area contributed by atoms with Crippen LogP contribution in [0.2, 0.25) is 0 Å². The summed E-state index contributed by atoms with van der Waals surface area (Å²) in [7, 11) is 0. The van der Waals surface area contributed by atoms with E-state index in [0.717, 1.165) is 30.1 Å². The molecule has 1 aromatic rings. The Balaban J connectivity index is 1.38. The highest BCUT2D eigenvalue weighted by molar-refractivity contribution is 5.75. The van der Waals surface area contributed by atoms with Gasteiger partial charge >= 0.3 is 0 Å². The van der Waals surface area contributed by atoms with Gasteiger partial charge in [-0.3, -0.25) is 0 Å². The van der Waals surface area contributed by atoms with Crippen molar-refractivity contribution in [3.05, 3.63) is 48.1 Å². The molecule has 3 rings (SSSR count). The van der Waals surface area contributed by atoms with E-state index >= 15 is 0 Å². The minimum Gasteiger partial charge on any atom is -0.494 e. The van der Waals surface area contributed by atoms with Crippen LogP contribution in [0.5, 0.6) is 5.75 Å². The third-order valence-corrected chi connectivity index (χ3v) is 7.28. The van der Waals surface area contributed by atoms with Crippen LogP contribution in [-0.4, -0.2) is 6.61 Å². The lowest BCUT2D eigenvalue weighted by Gasteiger charge is -2.33. The minimum absolute atomic E-state index is 0.760. The number of allylic oxidation sites excluding steroid dienone is 4. The van der Waals surface area contributed by atoms with Gasteiger partial charge < -0.3 is 4.74 Å². The van der Waals surface area contributed by atoms with E-state index in [1.54, 1.807) is 0 Å². The molecule has 1 saturated carbocycles. The fourth-order valence-corrected chi connectivity index (χ4v) is 5.33. The topological polar surface area (TPSA) is 9.23 Å². The summed E-state index contributed by atoms with van der Waals surface area (Å²) >= 11 is 0. The summed E-state index contributed by atoms with van der Waals surface area (Å²) in [6.45, 7) is 5.44. The second-order valence-corrected chi connectivity index (χ2v) is 9.63. The summed E-state index contributed by atoms with van der Waals surface area (Å²) in [6.07, 6.45) is 25.0. The standard InChI is InChI=1S/C29H44O/c1-3-5-6-7-8-9-23-30-29-21-19-28(20-22-29)27-17-15-26(16-18-27)25-13-11-24(10-4-2)12-14-25/h15,17-22,24-26H,3-14,16,23H2,1-2H3/t24-,25-,26?. The van der Waals surface area contributed by atoms with Crippen LogP contribution in [-0.2, 0) is 0 Å². The molecule has 2 aliphatic carbocycles. The van der Waals surface area contributed by atoms with Crippen LogP contribution in [0.4, 0.5) is 0 Å². The minimum atomic E-state index is 0.760. The second kappa shape index (κ2) is 13.0. The first kappa shape index (κ1) is 23.2. The van der Waals surface area contributed by atoms with Crippen LogP contribution in [0.1, 0.15) is 103 Å². The zero-order valence-electron chi connectivity index (χ0n) is 19.6. The summed E-state index contributed by atoms with van der Waals surface area (Å²) in [5, 5.41) is 0. The van der Waals surface area contributed by atoms with Gasteiger partial charge in [0, 0.05) is 0 Å². The molecular weight excluding hydrogens is 364 g/mol. The Bertz CT molecular complexity index is 645. The Labute approximate surface area is 186 Å². The molecule has 2 aliphatic rings. The molecule has 1 fully saturated rings. The summed E-state index contributed by atoms with van der Waals surface area (Å²) in [6, 6.07) is 8.73. The lowest BCUT2D eigenvalue weighted by molar-refractivity contribution is 0.221. The highest BCUT2D eigenvalue weighted by Crippen LogP contribution is 2.39. The molecule has 0 heterocycles. The van der Waals surface area contributed by atoms with E-state index in [-0.39, 0.29) is 0 Å². The fourth-order valence-electron chi connectivity index (χ4n) is 5.33. The van der Waals surface area contributed by atoms with Crippen molar-refractivity contribution in [3.8, 4) is 5.75 Å². The quantitative estimate of drug-likeness (QED) is 0.313. The third kappa shape index (κ3) is 7.33. The Morgan fingerprint density at radius 1 is 0.833 bits per heavy atom. The summed E-state index contributed by atoms with van der Waals surface area (Å²) < 4.78 is 5.94. The van der Waals surface area contributed by atoms with Crippen LogP contribution in [0, 0.1) is 17.8 Å². The summed E-state index contributed by atoms with van der Waals surface area (Å²) in [5.74, 6) is 3.68. The molecule has 30 heavy (non-hydrogen) atoms. The number of hydrogen-bond acceptors (Lipinski definition) is 1. The molecule has 0 saturated heterocycles. The van der Waals surface area contributed by atoms with Gasteiger partial charge in [0.1, 0.15) is 5.75 Å². The molecule has 0 aromatic heterocycles. The zero-order chi connectivity index (χ0) is 21.0. The number of unbranched alkanes of at least 4 members (excludes halogenated alkanes) is 5. The van der Waals surface area contributed by atoms with Gasteiger partial charge in [-0.15, -0.1) is 0 Å². The molecule has 0 N–H and O–H groups in total. The number of ether oxygens (including phenoxy) is 1. The van der Waals surface area contributed by atoms with Gasteiger partial charge in [-0.05, 0) is 66.7 Å². The molecule has 0 spiro atoms. The van der Waals surface area contributed by atoms with Crippen LogP contribution >= 0.6 is 0 Å². The van der Waals surface area contributed by atoms with E-state index in [4.69, 9.17) is 4.74 Å². The molecule has 1 nitrogen and oxygen atoms in total. The maximum absolute atomic E-state index is 5.94. The van der Waals surface area contributed by atoms with Gasteiger partial charge in [0.25, 0.3) is 0 Å². The number of rotatable bonds is 12. The molecule has 1 unspecified atom stereocenters. The Kier molecular flexibility index (Phi) is 10.1. The van der Waals surface area contributed by atoms with Crippen molar-refractivity contribution in [1.82, 2.24) is 0 Å². The molecule has 166 valence electrons.